The molecule has 1 atom stereocenters. The minimum absolute atomic E-state index is 0.0104. The number of piperidine rings is 1. The Balaban J connectivity index is 1.23. The van der Waals surface area contributed by atoms with Crippen molar-refractivity contribution in [3.8, 4) is 6.07 Å². The zero-order chi connectivity index (χ0) is 24.9. The Bertz CT molecular complexity index is 1120. The molecule has 3 amide bonds. The minimum Gasteiger partial charge on any atom is -0.376 e. The van der Waals surface area contributed by atoms with E-state index in [0.717, 1.165) is 56.4 Å². The summed E-state index contributed by atoms with van der Waals surface area (Å²) in [6, 6.07) is 15.5. The number of anilines is 1. The number of hydrogen-bond acceptors (Lipinski definition) is 4. The van der Waals surface area contributed by atoms with Crippen LogP contribution >= 0.6 is 0 Å². The third-order valence-electron chi connectivity index (χ3n) is 7.90. The largest absolute Gasteiger partial charge is 0.376 e. The van der Waals surface area contributed by atoms with Crippen molar-refractivity contribution in [2.75, 3.05) is 31.6 Å². The topological polar surface area (TPSA) is 94.5 Å². The Morgan fingerprint density at radius 1 is 0.972 bits per heavy atom. The van der Waals surface area contributed by atoms with Gasteiger partial charge in [-0.25, -0.2) is 4.79 Å². The van der Waals surface area contributed by atoms with Gasteiger partial charge in [0.1, 0.15) is 0 Å². The maximum Gasteiger partial charge on any atom is 0.319 e. The number of rotatable bonds is 6. The zero-order valence-electron chi connectivity index (χ0n) is 20.7. The molecule has 188 valence electrons. The number of likely N-dealkylation sites (tertiary alicyclic amines) is 1. The maximum absolute atomic E-state index is 13.4. The molecule has 3 aliphatic rings. The molecule has 7 nitrogen and oxygen atoms in total. The quantitative estimate of drug-likeness (QED) is 0.591. The van der Waals surface area contributed by atoms with E-state index in [1.165, 1.54) is 12.0 Å². The van der Waals surface area contributed by atoms with Crippen LogP contribution in [0.4, 0.5) is 10.5 Å². The van der Waals surface area contributed by atoms with Crippen LogP contribution in [-0.4, -0.2) is 49.2 Å². The van der Waals surface area contributed by atoms with Crippen LogP contribution in [0.1, 0.15) is 83.8 Å². The van der Waals surface area contributed by atoms with Crippen LogP contribution in [0.5, 0.6) is 0 Å². The van der Waals surface area contributed by atoms with Crippen molar-refractivity contribution in [2.45, 2.75) is 62.9 Å². The van der Waals surface area contributed by atoms with E-state index in [1.807, 2.05) is 47.4 Å². The summed E-state index contributed by atoms with van der Waals surface area (Å²) in [7, 11) is 0. The van der Waals surface area contributed by atoms with E-state index in [2.05, 4.69) is 16.7 Å². The Hall–Kier alpha value is -3.37. The molecule has 0 bridgehead atoms. The summed E-state index contributed by atoms with van der Waals surface area (Å²) < 4.78 is 5.60. The van der Waals surface area contributed by atoms with Crippen molar-refractivity contribution in [2.24, 2.45) is 0 Å². The van der Waals surface area contributed by atoms with Crippen molar-refractivity contribution in [1.82, 2.24) is 10.2 Å². The Labute approximate surface area is 212 Å². The molecule has 2 N–H and O–H groups in total. The molecule has 3 fully saturated rings. The molecule has 1 saturated carbocycles. The molecule has 7 heteroatoms. The molecule has 2 heterocycles. The number of hydrogen-bond donors (Lipinski definition) is 2. The van der Waals surface area contributed by atoms with Crippen LogP contribution in [0.3, 0.4) is 0 Å². The van der Waals surface area contributed by atoms with Crippen LogP contribution in [0.25, 0.3) is 0 Å². The second-order valence-corrected chi connectivity index (χ2v) is 10.2. The fraction of sp³-hybridized carbons (Fsp3) is 0.483. The summed E-state index contributed by atoms with van der Waals surface area (Å²) in [5, 5.41) is 15.0. The average molecular weight is 487 g/mol. The lowest BCUT2D eigenvalue weighted by molar-refractivity contribution is 0.0713. The lowest BCUT2D eigenvalue weighted by atomic mass is 9.79. The van der Waals surface area contributed by atoms with Gasteiger partial charge in [0.25, 0.3) is 5.91 Å². The van der Waals surface area contributed by atoms with E-state index < -0.39 is 0 Å². The van der Waals surface area contributed by atoms with Gasteiger partial charge < -0.3 is 20.3 Å². The minimum atomic E-state index is -0.251. The van der Waals surface area contributed by atoms with Crippen LogP contribution < -0.4 is 10.6 Å². The lowest BCUT2D eigenvalue weighted by Crippen LogP contribution is -2.38. The van der Waals surface area contributed by atoms with Gasteiger partial charge in [-0.05, 0) is 85.8 Å². The fourth-order valence-corrected chi connectivity index (χ4v) is 5.48. The molecule has 0 spiro atoms. The normalized spacial score (nSPS) is 20.4. The van der Waals surface area contributed by atoms with Crippen molar-refractivity contribution < 1.29 is 14.3 Å². The first-order chi connectivity index (χ1) is 17.6. The Morgan fingerprint density at radius 2 is 1.75 bits per heavy atom. The predicted octanol–water partition coefficient (Wildman–Crippen LogP) is 5.15. The molecule has 0 aromatic heterocycles. The van der Waals surface area contributed by atoms with Gasteiger partial charge in [0.15, 0.2) is 0 Å². The first-order valence-corrected chi connectivity index (χ1v) is 13.2. The highest BCUT2D eigenvalue weighted by molar-refractivity contribution is 5.97. The number of nitriles is 1. The number of benzene rings is 2. The van der Waals surface area contributed by atoms with Gasteiger partial charge in [0, 0.05) is 37.5 Å². The summed E-state index contributed by atoms with van der Waals surface area (Å²) in [5.41, 5.74) is 4.37. The van der Waals surface area contributed by atoms with Gasteiger partial charge in [-0.3, -0.25) is 4.79 Å². The monoisotopic (exact) mass is 486 g/mol. The van der Waals surface area contributed by atoms with Gasteiger partial charge in [0.05, 0.1) is 17.7 Å². The third-order valence-corrected chi connectivity index (χ3v) is 7.90. The van der Waals surface area contributed by atoms with Crippen molar-refractivity contribution >= 4 is 17.6 Å². The van der Waals surface area contributed by atoms with Crippen LogP contribution in [-0.2, 0) is 4.74 Å². The van der Waals surface area contributed by atoms with Crippen LogP contribution in [0.2, 0.25) is 0 Å². The summed E-state index contributed by atoms with van der Waals surface area (Å²) in [6.45, 7) is 2.64. The second-order valence-electron chi connectivity index (χ2n) is 10.2. The zero-order valence-corrected chi connectivity index (χ0v) is 20.7. The van der Waals surface area contributed by atoms with Crippen LogP contribution in [0, 0.1) is 11.3 Å². The van der Waals surface area contributed by atoms with Gasteiger partial charge in [-0.2, -0.15) is 5.26 Å². The molecule has 0 unspecified atom stereocenters. The van der Waals surface area contributed by atoms with E-state index in [4.69, 9.17) is 10.00 Å². The number of nitrogens with one attached hydrogen (secondary N) is 2. The molecule has 5 rings (SSSR count). The Kier molecular flexibility index (Phi) is 7.52. The number of carbonyl (C=O) groups is 2. The van der Waals surface area contributed by atoms with E-state index in [0.29, 0.717) is 42.6 Å². The molecule has 1 aliphatic carbocycles. The highest BCUT2D eigenvalue weighted by Gasteiger charge is 2.27. The van der Waals surface area contributed by atoms with E-state index in [-0.39, 0.29) is 18.0 Å². The average Bonchev–Trinajstić information content (AvgIpc) is 3.41. The second kappa shape index (κ2) is 11.1. The fourth-order valence-electron chi connectivity index (χ4n) is 5.48. The lowest BCUT2D eigenvalue weighted by Gasteiger charge is -2.33. The molecule has 2 saturated heterocycles. The first-order valence-electron chi connectivity index (χ1n) is 13.2. The summed E-state index contributed by atoms with van der Waals surface area (Å²) in [4.78, 5) is 27.9. The number of ether oxygens (including phenoxy) is 1. The standard InChI is InChI=1S/C29H34N4O3/c30-18-20-6-8-21(9-7-20)22-12-14-33(15-13-22)28(34)24-10-11-26(23-3-1-4-23)27(17-24)32-29(35)31-19-25-5-2-16-36-25/h6-11,17,22-23,25H,1-5,12-16,19H2,(H2,31,32,35)/t25-/m1/s1. The van der Waals surface area contributed by atoms with Gasteiger partial charge in [-0.15, -0.1) is 0 Å². The van der Waals surface area contributed by atoms with Crippen LogP contribution in [0.15, 0.2) is 42.5 Å². The molecule has 2 aromatic carbocycles. The predicted molar refractivity (Wildman–Crippen MR) is 138 cm³/mol. The first kappa shape index (κ1) is 24.3. The summed E-state index contributed by atoms with van der Waals surface area (Å²) >= 11 is 0. The Morgan fingerprint density at radius 3 is 2.39 bits per heavy atom. The molecule has 2 aromatic rings. The summed E-state index contributed by atoms with van der Waals surface area (Å²) in [5.74, 6) is 0.842. The van der Waals surface area contributed by atoms with Gasteiger partial charge >= 0.3 is 6.03 Å². The number of amides is 3. The van der Waals surface area contributed by atoms with E-state index in [1.54, 1.807) is 0 Å². The highest BCUT2D eigenvalue weighted by atomic mass is 16.5. The third kappa shape index (κ3) is 5.55. The van der Waals surface area contributed by atoms with Gasteiger partial charge in [-0.1, -0.05) is 24.6 Å². The number of carbonyl (C=O) groups excluding carboxylic acids is 2. The maximum atomic E-state index is 13.4. The molecule has 0 radical (unpaired) electrons. The molecular weight excluding hydrogens is 452 g/mol. The number of urea groups is 1. The summed E-state index contributed by atoms with van der Waals surface area (Å²) in [6.07, 6.45) is 7.31. The smallest absolute Gasteiger partial charge is 0.319 e. The van der Waals surface area contributed by atoms with Crippen molar-refractivity contribution in [3.63, 3.8) is 0 Å². The molecule has 2 aliphatic heterocycles. The van der Waals surface area contributed by atoms with E-state index >= 15 is 0 Å². The van der Waals surface area contributed by atoms with Crippen molar-refractivity contribution in [3.05, 3.63) is 64.7 Å². The van der Waals surface area contributed by atoms with E-state index in [9.17, 15) is 9.59 Å². The highest BCUT2D eigenvalue weighted by Crippen LogP contribution is 2.40. The van der Waals surface area contributed by atoms with Crippen molar-refractivity contribution in [1.29, 1.82) is 5.26 Å². The molecule has 36 heavy (non-hydrogen) atoms. The van der Waals surface area contributed by atoms with Gasteiger partial charge in [0.2, 0.25) is 0 Å². The SMILES string of the molecule is N#Cc1ccc(C2CCN(C(=O)c3ccc(C4CCC4)c(NC(=O)NC[C@H]4CCCO4)c3)CC2)cc1. The molecular formula is C29H34N4O3. The number of nitrogens with zero attached hydrogens (tertiary/aromatic N) is 2.